The molecule has 0 fully saturated rings. The molecular formula is C23H23NO4S. The van der Waals surface area contributed by atoms with Gasteiger partial charge in [-0.25, -0.2) is 8.42 Å². The topological polar surface area (TPSA) is 72.5 Å². The van der Waals surface area contributed by atoms with E-state index in [1.807, 2.05) is 54.6 Å². The minimum atomic E-state index is -3.36. The van der Waals surface area contributed by atoms with Crippen LogP contribution in [-0.4, -0.2) is 19.6 Å². The summed E-state index contributed by atoms with van der Waals surface area (Å²) in [6, 6.07) is 22.9. The van der Waals surface area contributed by atoms with Crippen LogP contribution in [0.25, 0.3) is 0 Å². The second kappa shape index (κ2) is 8.92. The van der Waals surface area contributed by atoms with Gasteiger partial charge in [0.1, 0.15) is 11.5 Å². The van der Waals surface area contributed by atoms with E-state index in [-0.39, 0.29) is 17.3 Å². The van der Waals surface area contributed by atoms with Gasteiger partial charge in [-0.2, -0.15) is 0 Å². The van der Waals surface area contributed by atoms with Crippen LogP contribution < -0.4 is 10.1 Å². The molecule has 0 unspecified atom stereocenters. The highest BCUT2D eigenvalue weighted by Gasteiger charge is 2.19. The van der Waals surface area contributed by atoms with Crippen LogP contribution in [0.2, 0.25) is 0 Å². The quantitative estimate of drug-likeness (QED) is 0.619. The Balaban J connectivity index is 1.68. The predicted octanol–water partition coefficient (Wildman–Crippen LogP) is 4.59. The van der Waals surface area contributed by atoms with Gasteiger partial charge in [-0.05, 0) is 56.3 Å². The fraction of sp³-hybridized carbons (Fsp3) is 0.174. The maximum absolute atomic E-state index is 12.5. The largest absolute Gasteiger partial charge is 0.457 e. The van der Waals surface area contributed by atoms with Crippen LogP contribution in [0.4, 0.5) is 0 Å². The molecule has 0 spiro atoms. The fourth-order valence-corrected chi connectivity index (χ4v) is 3.77. The number of hydrogen-bond donors (Lipinski definition) is 1. The number of amides is 1. The Morgan fingerprint density at radius 1 is 0.897 bits per heavy atom. The summed E-state index contributed by atoms with van der Waals surface area (Å²) in [6.45, 7) is 3.55. The standard InChI is InChI=1S/C23H23NO4S/c1-17(2)29(26,27)21-14-12-18(13-15-21)23(25)24-16-19-8-6-7-11-22(19)28-20-9-4-3-5-10-20/h3-15,17H,16H2,1-2H3,(H,24,25). The summed E-state index contributed by atoms with van der Waals surface area (Å²) in [5.74, 6) is 1.10. The lowest BCUT2D eigenvalue weighted by Gasteiger charge is -2.12. The number of nitrogens with one attached hydrogen (secondary N) is 1. The van der Waals surface area contributed by atoms with Gasteiger partial charge in [0.2, 0.25) is 0 Å². The molecule has 0 aromatic heterocycles. The number of rotatable bonds is 7. The van der Waals surface area contributed by atoms with Crippen molar-refractivity contribution in [3.8, 4) is 11.5 Å². The van der Waals surface area contributed by atoms with Gasteiger partial charge in [0.15, 0.2) is 9.84 Å². The Morgan fingerprint density at radius 3 is 2.17 bits per heavy atom. The van der Waals surface area contributed by atoms with Crippen molar-refractivity contribution in [1.29, 1.82) is 0 Å². The highest BCUT2D eigenvalue weighted by atomic mass is 32.2. The second-order valence-electron chi connectivity index (χ2n) is 6.82. The first-order valence-electron chi connectivity index (χ1n) is 9.31. The van der Waals surface area contributed by atoms with E-state index in [1.54, 1.807) is 13.8 Å². The highest BCUT2D eigenvalue weighted by Crippen LogP contribution is 2.25. The molecule has 0 saturated heterocycles. The Morgan fingerprint density at radius 2 is 1.52 bits per heavy atom. The van der Waals surface area contributed by atoms with E-state index in [4.69, 9.17) is 4.74 Å². The van der Waals surface area contributed by atoms with Gasteiger partial charge in [-0.1, -0.05) is 36.4 Å². The van der Waals surface area contributed by atoms with Crippen LogP contribution in [0.5, 0.6) is 11.5 Å². The molecule has 1 amide bonds. The monoisotopic (exact) mass is 409 g/mol. The maximum Gasteiger partial charge on any atom is 0.251 e. The van der Waals surface area contributed by atoms with Crippen LogP contribution in [0, 0.1) is 0 Å². The molecular weight excluding hydrogens is 386 g/mol. The molecule has 5 nitrogen and oxygen atoms in total. The summed E-state index contributed by atoms with van der Waals surface area (Å²) in [7, 11) is -3.36. The summed E-state index contributed by atoms with van der Waals surface area (Å²) >= 11 is 0. The smallest absolute Gasteiger partial charge is 0.251 e. The normalized spacial score (nSPS) is 11.3. The molecule has 3 aromatic carbocycles. The first-order valence-corrected chi connectivity index (χ1v) is 10.9. The Hall–Kier alpha value is -3.12. The molecule has 0 saturated carbocycles. The summed E-state index contributed by atoms with van der Waals surface area (Å²) in [4.78, 5) is 12.7. The van der Waals surface area contributed by atoms with Gasteiger partial charge < -0.3 is 10.1 Å². The van der Waals surface area contributed by atoms with Crippen molar-refractivity contribution in [3.05, 3.63) is 90.0 Å². The zero-order chi connectivity index (χ0) is 20.9. The molecule has 1 N–H and O–H groups in total. The van der Waals surface area contributed by atoms with Crippen LogP contribution >= 0.6 is 0 Å². The molecule has 0 bridgehead atoms. The van der Waals surface area contributed by atoms with Crippen molar-refractivity contribution in [2.75, 3.05) is 0 Å². The van der Waals surface area contributed by atoms with Crippen molar-refractivity contribution in [2.45, 2.75) is 30.5 Å². The van der Waals surface area contributed by atoms with Crippen LogP contribution in [0.15, 0.2) is 83.8 Å². The van der Waals surface area contributed by atoms with Gasteiger partial charge in [0, 0.05) is 17.7 Å². The van der Waals surface area contributed by atoms with Gasteiger partial charge in [0.05, 0.1) is 10.1 Å². The third-order valence-electron chi connectivity index (χ3n) is 4.45. The molecule has 6 heteroatoms. The molecule has 150 valence electrons. The molecule has 3 rings (SSSR count). The minimum absolute atomic E-state index is 0.214. The number of para-hydroxylation sites is 2. The predicted molar refractivity (Wildman–Crippen MR) is 113 cm³/mol. The van der Waals surface area contributed by atoms with E-state index < -0.39 is 15.1 Å². The lowest BCUT2D eigenvalue weighted by Crippen LogP contribution is -2.23. The molecule has 0 aliphatic rings. The number of sulfone groups is 1. The van der Waals surface area contributed by atoms with Crippen molar-refractivity contribution in [1.82, 2.24) is 5.32 Å². The van der Waals surface area contributed by atoms with Gasteiger partial charge in [0.25, 0.3) is 5.91 Å². The highest BCUT2D eigenvalue weighted by molar-refractivity contribution is 7.92. The van der Waals surface area contributed by atoms with Gasteiger partial charge >= 0.3 is 0 Å². The average molecular weight is 410 g/mol. The molecule has 0 aliphatic carbocycles. The third-order valence-corrected chi connectivity index (χ3v) is 6.62. The van der Waals surface area contributed by atoms with Gasteiger partial charge in [-0.3, -0.25) is 4.79 Å². The first-order chi connectivity index (χ1) is 13.9. The van der Waals surface area contributed by atoms with Crippen LogP contribution in [-0.2, 0) is 16.4 Å². The van der Waals surface area contributed by atoms with Crippen LogP contribution in [0.1, 0.15) is 29.8 Å². The SMILES string of the molecule is CC(C)S(=O)(=O)c1ccc(C(=O)NCc2ccccc2Oc2ccccc2)cc1. The van der Waals surface area contributed by atoms with Crippen molar-refractivity contribution >= 4 is 15.7 Å². The summed E-state index contributed by atoms with van der Waals surface area (Å²) in [6.07, 6.45) is 0. The number of carbonyl (C=O) groups is 1. The van der Waals surface area contributed by atoms with E-state index in [1.165, 1.54) is 24.3 Å². The lowest BCUT2D eigenvalue weighted by molar-refractivity contribution is 0.0950. The molecule has 0 radical (unpaired) electrons. The molecule has 29 heavy (non-hydrogen) atoms. The van der Waals surface area contributed by atoms with E-state index in [9.17, 15) is 13.2 Å². The van der Waals surface area contributed by atoms with E-state index >= 15 is 0 Å². The molecule has 0 aliphatic heterocycles. The number of hydrogen-bond acceptors (Lipinski definition) is 4. The minimum Gasteiger partial charge on any atom is -0.457 e. The Labute approximate surface area is 171 Å². The Kier molecular flexibility index (Phi) is 6.34. The summed E-state index contributed by atoms with van der Waals surface area (Å²) in [5.41, 5.74) is 1.23. The zero-order valence-corrected chi connectivity index (χ0v) is 17.1. The molecule has 0 atom stereocenters. The number of ether oxygens (including phenoxy) is 1. The van der Waals surface area contributed by atoms with E-state index in [0.717, 1.165) is 5.56 Å². The number of benzene rings is 3. The molecule has 3 aromatic rings. The summed E-state index contributed by atoms with van der Waals surface area (Å²) in [5, 5.41) is 2.34. The van der Waals surface area contributed by atoms with E-state index in [0.29, 0.717) is 17.1 Å². The van der Waals surface area contributed by atoms with Crippen LogP contribution in [0.3, 0.4) is 0 Å². The lowest BCUT2D eigenvalue weighted by atomic mass is 10.1. The fourth-order valence-electron chi connectivity index (χ4n) is 2.71. The summed E-state index contributed by atoms with van der Waals surface area (Å²) < 4.78 is 30.3. The van der Waals surface area contributed by atoms with Crippen molar-refractivity contribution in [3.63, 3.8) is 0 Å². The molecule has 0 heterocycles. The van der Waals surface area contributed by atoms with E-state index in [2.05, 4.69) is 5.32 Å². The average Bonchev–Trinajstić information content (AvgIpc) is 2.73. The Bertz CT molecular complexity index is 1080. The second-order valence-corrected chi connectivity index (χ2v) is 9.33. The zero-order valence-electron chi connectivity index (χ0n) is 16.3. The first kappa shape index (κ1) is 20.6. The third kappa shape index (κ3) is 5.03. The van der Waals surface area contributed by atoms with Gasteiger partial charge in [-0.15, -0.1) is 0 Å². The van der Waals surface area contributed by atoms with Crippen molar-refractivity contribution in [2.24, 2.45) is 0 Å². The number of carbonyl (C=O) groups excluding carboxylic acids is 1. The van der Waals surface area contributed by atoms with Crippen molar-refractivity contribution < 1.29 is 17.9 Å². The maximum atomic E-state index is 12.5.